The average Bonchev–Trinajstić information content (AvgIpc) is 2.91. The predicted molar refractivity (Wildman–Crippen MR) is 79.3 cm³/mol. The zero-order valence-electron chi connectivity index (χ0n) is 12.2. The monoisotopic (exact) mass is 285 g/mol. The maximum atomic E-state index is 13.7. The summed E-state index contributed by atoms with van der Waals surface area (Å²) in [7, 11) is 0. The van der Waals surface area contributed by atoms with Crippen molar-refractivity contribution in [3.05, 3.63) is 47.2 Å². The highest BCUT2D eigenvalue weighted by molar-refractivity contribution is 5.65. The maximum Gasteiger partial charge on any atom is 0.254 e. The first kappa shape index (κ1) is 13.5. The number of hydrogen-bond acceptors (Lipinski definition) is 4. The van der Waals surface area contributed by atoms with Gasteiger partial charge in [0.05, 0.1) is 0 Å². The molecule has 1 aromatic carbocycles. The lowest BCUT2D eigenvalue weighted by Crippen LogP contribution is -2.09. The average molecular weight is 285 g/mol. The Morgan fingerprint density at radius 2 is 2.10 bits per heavy atom. The fraction of sp³-hybridized carbons (Fsp3) is 0.267. The Labute approximate surface area is 121 Å². The lowest BCUT2D eigenvalue weighted by atomic mass is 10.1. The van der Waals surface area contributed by atoms with E-state index in [9.17, 15) is 4.39 Å². The Morgan fingerprint density at radius 3 is 2.86 bits per heavy atom. The lowest BCUT2D eigenvalue weighted by molar-refractivity contribution is 0.619. The summed E-state index contributed by atoms with van der Waals surface area (Å²) in [5, 5.41) is 7.49. The van der Waals surface area contributed by atoms with Gasteiger partial charge in [0.1, 0.15) is 18.0 Å². The normalized spacial score (nSPS) is 11.0. The molecule has 0 aliphatic heterocycles. The molecule has 0 saturated carbocycles. The maximum absolute atomic E-state index is 13.7. The van der Waals surface area contributed by atoms with Crippen molar-refractivity contribution in [3.63, 3.8) is 0 Å². The van der Waals surface area contributed by atoms with Gasteiger partial charge in [0.25, 0.3) is 5.78 Å². The molecule has 1 N–H and O–H groups in total. The SMILES string of the molecule is CCc1c(C)nc2ncnn2c1Nc1cccc(F)c1C. The molecule has 3 rings (SSSR count). The summed E-state index contributed by atoms with van der Waals surface area (Å²) in [6.45, 7) is 5.74. The van der Waals surface area contributed by atoms with Gasteiger partial charge in [-0.15, -0.1) is 0 Å². The molecule has 0 amide bonds. The van der Waals surface area contributed by atoms with Crippen molar-refractivity contribution in [2.75, 3.05) is 5.32 Å². The highest BCUT2D eigenvalue weighted by Crippen LogP contribution is 2.26. The summed E-state index contributed by atoms with van der Waals surface area (Å²) in [5.41, 5.74) is 3.22. The number of benzene rings is 1. The van der Waals surface area contributed by atoms with Crippen molar-refractivity contribution in [3.8, 4) is 0 Å². The van der Waals surface area contributed by atoms with Gasteiger partial charge in [-0.1, -0.05) is 13.0 Å². The van der Waals surface area contributed by atoms with Crippen LogP contribution >= 0.6 is 0 Å². The van der Waals surface area contributed by atoms with Gasteiger partial charge in [-0.3, -0.25) is 0 Å². The first-order chi connectivity index (χ1) is 10.1. The Balaban J connectivity index is 2.19. The minimum absolute atomic E-state index is 0.237. The number of nitrogens with zero attached hydrogens (tertiary/aromatic N) is 4. The topological polar surface area (TPSA) is 55.1 Å². The van der Waals surface area contributed by atoms with Crippen molar-refractivity contribution < 1.29 is 4.39 Å². The van der Waals surface area contributed by atoms with Crippen LogP contribution in [0.5, 0.6) is 0 Å². The lowest BCUT2D eigenvalue weighted by Gasteiger charge is -2.15. The van der Waals surface area contributed by atoms with E-state index >= 15 is 0 Å². The molecule has 0 unspecified atom stereocenters. The smallest absolute Gasteiger partial charge is 0.254 e. The van der Waals surface area contributed by atoms with E-state index in [0.717, 1.165) is 23.5 Å². The van der Waals surface area contributed by atoms with E-state index in [0.29, 0.717) is 17.0 Å². The summed E-state index contributed by atoms with van der Waals surface area (Å²) in [5.74, 6) is 1.08. The van der Waals surface area contributed by atoms with Crippen LogP contribution in [0.2, 0.25) is 0 Å². The molecule has 0 bridgehead atoms. The number of aryl methyl sites for hydroxylation is 1. The van der Waals surface area contributed by atoms with Crippen LogP contribution in [0.25, 0.3) is 5.78 Å². The molecule has 0 atom stereocenters. The molecule has 2 aromatic heterocycles. The third-order valence-corrected chi connectivity index (χ3v) is 3.61. The van der Waals surface area contributed by atoms with Crippen LogP contribution in [-0.4, -0.2) is 19.6 Å². The van der Waals surface area contributed by atoms with E-state index in [2.05, 4.69) is 27.3 Å². The zero-order chi connectivity index (χ0) is 15.0. The van der Waals surface area contributed by atoms with Crippen LogP contribution < -0.4 is 5.32 Å². The molecule has 21 heavy (non-hydrogen) atoms. The molecule has 2 heterocycles. The minimum Gasteiger partial charge on any atom is -0.339 e. The second-order valence-corrected chi connectivity index (χ2v) is 4.89. The van der Waals surface area contributed by atoms with E-state index in [1.165, 1.54) is 12.4 Å². The van der Waals surface area contributed by atoms with Crippen LogP contribution in [-0.2, 0) is 6.42 Å². The number of halogens is 1. The van der Waals surface area contributed by atoms with Gasteiger partial charge < -0.3 is 5.32 Å². The summed E-state index contributed by atoms with van der Waals surface area (Å²) in [6.07, 6.45) is 2.26. The molecule has 0 radical (unpaired) electrons. The summed E-state index contributed by atoms with van der Waals surface area (Å²) in [4.78, 5) is 8.55. The molecule has 6 heteroatoms. The summed E-state index contributed by atoms with van der Waals surface area (Å²) >= 11 is 0. The number of rotatable bonds is 3. The highest BCUT2D eigenvalue weighted by Gasteiger charge is 2.14. The second kappa shape index (κ2) is 5.12. The van der Waals surface area contributed by atoms with Gasteiger partial charge in [-0.05, 0) is 32.4 Å². The number of hydrogen-bond donors (Lipinski definition) is 1. The van der Waals surface area contributed by atoms with Gasteiger partial charge >= 0.3 is 0 Å². The molecular weight excluding hydrogens is 269 g/mol. The van der Waals surface area contributed by atoms with Gasteiger partial charge in [-0.25, -0.2) is 9.37 Å². The fourth-order valence-electron chi connectivity index (χ4n) is 2.41. The van der Waals surface area contributed by atoms with Gasteiger partial charge in [0.2, 0.25) is 0 Å². The van der Waals surface area contributed by atoms with Crippen molar-refractivity contribution in [1.82, 2.24) is 19.6 Å². The minimum atomic E-state index is -0.237. The molecular formula is C15H16FN5. The molecule has 0 spiro atoms. The van der Waals surface area contributed by atoms with E-state index in [4.69, 9.17) is 0 Å². The highest BCUT2D eigenvalue weighted by atomic mass is 19.1. The van der Waals surface area contributed by atoms with Gasteiger partial charge in [0, 0.05) is 22.5 Å². The van der Waals surface area contributed by atoms with Crippen molar-refractivity contribution in [1.29, 1.82) is 0 Å². The number of nitrogens with one attached hydrogen (secondary N) is 1. The van der Waals surface area contributed by atoms with Crippen molar-refractivity contribution in [2.45, 2.75) is 27.2 Å². The Bertz CT molecular complexity index is 809. The Hall–Kier alpha value is -2.50. The first-order valence-electron chi connectivity index (χ1n) is 6.83. The van der Waals surface area contributed by atoms with Crippen LogP contribution in [0.4, 0.5) is 15.9 Å². The summed E-state index contributed by atoms with van der Waals surface area (Å²) in [6, 6.07) is 4.98. The van der Waals surface area contributed by atoms with E-state index in [1.54, 1.807) is 17.5 Å². The Morgan fingerprint density at radius 1 is 1.29 bits per heavy atom. The van der Waals surface area contributed by atoms with Crippen LogP contribution in [0.3, 0.4) is 0 Å². The Kier molecular flexibility index (Phi) is 3.29. The molecule has 0 aliphatic rings. The molecule has 5 nitrogen and oxygen atoms in total. The van der Waals surface area contributed by atoms with E-state index in [1.807, 2.05) is 13.0 Å². The van der Waals surface area contributed by atoms with Crippen LogP contribution in [0.1, 0.15) is 23.7 Å². The molecule has 108 valence electrons. The largest absolute Gasteiger partial charge is 0.339 e. The molecule has 0 aliphatic carbocycles. The van der Waals surface area contributed by atoms with Gasteiger partial charge in [-0.2, -0.15) is 14.6 Å². The third-order valence-electron chi connectivity index (χ3n) is 3.61. The number of aromatic nitrogens is 4. The van der Waals surface area contributed by atoms with Crippen molar-refractivity contribution in [2.24, 2.45) is 0 Å². The standard InChI is InChI=1S/C15H16FN5/c1-4-11-10(3)19-15-17-8-18-21(15)14(11)20-13-7-5-6-12(16)9(13)2/h5-8,20H,4H2,1-3H3. The molecule has 0 saturated heterocycles. The van der Waals surface area contributed by atoms with Gasteiger partial charge in [0.15, 0.2) is 0 Å². The third kappa shape index (κ3) is 2.22. The van der Waals surface area contributed by atoms with Crippen LogP contribution in [0.15, 0.2) is 24.5 Å². The zero-order valence-corrected chi connectivity index (χ0v) is 12.2. The molecule has 0 fully saturated rings. The summed E-state index contributed by atoms with van der Waals surface area (Å²) < 4.78 is 15.4. The number of fused-ring (bicyclic) bond motifs is 1. The van der Waals surface area contributed by atoms with Crippen LogP contribution in [0, 0.1) is 19.7 Å². The fourth-order valence-corrected chi connectivity index (χ4v) is 2.41. The van der Waals surface area contributed by atoms with E-state index in [-0.39, 0.29) is 5.82 Å². The van der Waals surface area contributed by atoms with E-state index < -0.39 is 0 Å². The quantitative estimate of drug-likeness (QED) is 0.803. The van der Waals surface area contributed by atoms with Crippen molar-refractivity contribution >= 4 is 17.3 Å². The predicted octanol–water partition coefficient (Wildman–Crippen LogP) is 3.19. The second-order valence-electron chi connectivity index (χ2n) is 4.89. The molecule has 3 aromatic rings. The first-order valence-corrected chi connectivity index (χ1v) is 6.83. The number of anilines is 2.